The molecule has 0 unspecified atom stereocenters. The number of aromatic nitrogens is 3. The zero-order valence-electron chi connectivity index (χ0n) is 33.1. The van der Waals surface area contributed by atoms with E-state index in [1.165, 1.54) is 27.8 Å². The first-order valence-corrected chi connectivity index (χ1v) is 20.5. The van der Waals surface area contributed by atoms with E-state index >= 15 is 0 Å². The Morgan fingerprint density at radius 3 is 1.20 bits per heavy atom. The van der Waals surface area contributed by atoms with E-state index in [4.69, 9.17) is 19.4 Å². The molecule has 2 heterocycles. The predicted molar refractivity (Wildman–Crippen MR) is 251 cm³/mol. The van der Waals surface area contributed by atoms with Gasteiger partial charge in [0, 0.05) is 27.5 Å². The average Bonchev–Trinajstić information content (AvgIpc) is 3.73. The minimum atomic E-state index is 0.581. The fraction of sp³-hybridized carbons (Fsp3) is 0. The lowest BCUT2D eigenvalue weighted by Crippen LogP contribution is -2.00. The van der Waals surface area contributed by atoms with Crippen LogP contribution in [0, 0.1) is 0 Å². The summed E-state index contributed by atoms with van der Waals surface area (Å²) < 4.78 is 6.60. The van der Waals surface area contributed by atoms with Crippen molar-refractivity contribution in [3.63, 3.8) is 0 Å². The zero-order chi connectivity index (χ0) is 40.5. The highest BCUT2D eigenvalue weighted by Gasteiger charge is 2.17. The fourth-order valence-corrected chi connectivity index (χ4v) is 8.23. The van der Waals surface area contributed by atoms with Gasteiger partial charge in [0.15, 0.2) is 17.5 Å². The van der Waals surface area contributed by atoms with Crippen molar-refractivity contribution in [3.05, 3.63) is 224 Å². The molecule has 0 aliphatic carbocycles. The van der Waals surface area contributed by atoms with Gasteiger partial charge in [-0.05, 0) is 86.0 Å². The summed E-state index contributed by atoms with van der Waals surface area (Å²) in [5.41, 5.74) is 15.9. The molecular formula is C57H37N3O. The van der Waals surface area contributed by atoms with Gasteiger partial charge < -0.3 is 4.42 Å². The van der Waals surface area contributed by atoms with Crippen molar-refractivity contribution >= 4 is 21.9 Å². The SMILES string of the molecule is c1ccc(-c2ccc(-c3cccc(-c4cccc5oc6cc(-c7nc(-c8ccccc8)nc(-c8ccc(-c9cccc(-c%10ccccc%10)c9)cc8)n7)ccc6c45)c3)cc2)cc1. The smallest absolute Gasteiger partial charge is 0.164 e. The summed E-state index contributed by atoms with van der Waals surface area (Å²) in [4.78, 5) is 15.1. The molecule has 0 saturated heterocycles. The van der Waals surface area contributed by atoms with Crippen molar-refractivity contribution in [3.8, 4) is 89.8 Å². The largest absolute Gasteiger partial charge is 0.456 e. The van der Waals surface area contributed by atoms with Crippen LogP contribution < -0.4 is 0 Å². The lowest BCUT2D eigenvalue weighted by atomic mass is 9.95. The molecule has 11 rings (SSSR count). The molecule has 0 aliphatic heterocycles. The number of rotatable bonds is 8. The van der Waals surface area contributed by atoms with Crippen LogP contribution in [0.2, 0.25) is 0 Å². The van der Waals surface area contributed by atoms with Crippen LogP contribution in [0.15, 0.2) is 229 Å². The first-order chi connectivity index (χ1) is 30.2. The number of fused-ring (bicyclic) bond motifs is 3. The van der Waals surface area contributed by atoms with Gasteiger partial charge in [0.05, 0.1) is 0 Å². The van der Waals surface area contributed by atoms with Gasteiger partial charge >= 0.3 is 0 Å². The molecule has 2 aromatic heterocycles. The summed E-state index contributed by atoms with van der Waals surface area (Å²) >= 11 is 0. The van der Waals surface area contributed by atoms with Gasteiger partial charge in [-0.25, -0.2) is 15.0 Å². The van der Waals surface area contributed by atoms with Gasteiger partial charge in [-0.15, -0.1) is 0 Å². The number of hydrogen-bond donors (Lipinski definition) is 0. The first-order valence-electron chi connectivity index (χ1n) is 20.5. The molecule has 0 fully saturated rings. The molecule has 61 heavy (non-hydrogen) atoms. The van der Waals surface area contributed by atoms with Crippen LogP contribution >= 0.6 is 0 Å². The molecule has 11 aromatic rings. The van der Waals surface area contributed by atoms with Crippen LogP contribution in [-0.2, 0) is 0 Å². The van der Waals surface area contributed by atoms with E-state index in [1.54, 1.807) is 0 Å². The van der Waals surface area contributed by atoms with Crippen LogP contribution in [0.5, 0.6) is 0 Å². The Balaban J connectivity index is 0.944. The fourth-order valence-electron chi connectivity index (χ4n) is 8.23. The highest BCUT2D eigenvalue weighted by molar-refractivity contribution is 6.13. The zero-order valence-corrected chi connectivity index (χ0v) is 33.1. The minimum Gasteiger partial charge on any atom is -0.456 e. The van der Waals surface area contributed by atoms with Gasteiger partial charge in [0.2, 0.25) is 0 Å². The highest BCUT2D eigenvalue weighted by Crippen LogP contribution is 2.39. The summed E-state index contributed by atoms with van der Waals surface area (Å²) in [6.45, 7) is 0. The number of furan rings is 1. The van der Waals surface area contributed by atoms with Crippen LogP contribution in [0.3, 0.4) is 0 Å². The molecule has 0 spiro atoms. The lowest BCUT2D eigenvalue weighted by molar-refractivity contribution is 0.669. The maximum absolute atomic E-state index is 6.60. The van der Waals surface area contributed by atoms with E-state index in [0.29, 0.717) is 17.5 Å². The van der Waals surface area contributed by atoms with E-state index in [1.807, 2.05) is 48.5 Å². The van der Waals surface area contributed by atoms with Crippen molar-refractivity contribution in [1.82, 2.24) is 15.0 Å². The van der Waals surface area contributed by atoms with Crippen molar-refractivity contribution in [1.29, 1.82) is 0 Å². The van der Waals surface area contributed by atoms with Gasteiger partial charge in [-0.2, -0.15) is 0 Å². The molecule has 0 amide bonds. The van der Waals surface area contributed by atoms with Crippen molar-refractivity contribution in [2.24, 2.45) is 0 Å². The average molecular weight is 780 g/mol. The molecule has 0 saturated carbocycles. The molecule has 4 heteroatoms. The van der Waals surface area contributed by atoms with E-state index < -0.39 is 0 Å². The van der Waals surface area contributed by atoms with Gasteiger partial charge in [0.25, 0.3) is 0 Å². The molecule has 0 radical (unpaired) electrons. The van der Waals surface area contributed by atoms with Gasteiger partial charge in [0.1, 0.15) is 11.2 Å². The Bertz CT molecular complexity index is 3320. The van der Waals surface area contributed by atoms with E-state index in [9.17, 15) is 0 Å². The number of benzene rings is 9. The van der Waals surface area contributed by atoms with Crippen LogP contribution in [-0.4, -0.2) is 15.0 Å². The second-order valence-electron chi connectivity index (χ2n) is 15.2. The molecule has 0 bridgehead atoms. The third-order valence-electron chi connectivity index (χ3n) is 11.4. The standard InChI is InChI=1S/C57H37N3O/c1-4-13-38(14-5-1)40-25-27-41(28-26-40)47-21-11-22-48(36-47)50-23-12-24-52-54(50)51-34-33-49(37-53(51)61-52)57-59-55(43-17-8-3-9-18-43)58-56(60-57)44-31-29-42(30-32-44)46-20-10-19-45(35-46)39-15-6-2-7-16-39/h1-37H. The number of nitrogens with zero attached hydrogens (tertiary/aromatic N) is 3. The third kappa shape index (κ3) is 7.07. The second kappa shape index (κ2) is 15.5. The summed E-state index contributed by atoms with van der Waals surface area (Å²) in [6.07, 6.45) is 0. The van der Waals surface area contributed by atoms with Crippen LogP contribution in [0.1, 0.15) is 0 Å². The van der Waals surface area contributed by atoms with E-state index in [0.717, 1.165) is 66.4 Å². The van der Waals surface area contributed by atoms with Crippen LogP contribution in [0.4, 0.5) is 0 Å². The van der Waals surface area contributed by atoms with Crippen molar-refractivity contribution < 1.29 is 4.42 Å². The monoisotopic (exact) mass is 779 g/mol. The summed E-state index contributed by atoms with van der Waals surface area (Å²) in [5, 5.41) is 2.12. The Hall–Kier alpha value is -8.21. The first kappa shape index (κ1) is 35.9. The quantitative estimate of drug-likeness (QED) is 0.154. The summed E-state index contributed by atoms with van der Waals surface area (Å²) in [6, 6.07) is 78.3. The molecule has 4 nitrogen and oxygen atoms in total. The van der Waals surface area contributed by atoms with Gasteiger partial charge in [-0.1, -0.05) is 194 Å². The van der Waals surface area contributed by atoms with Crippen molar-refractivity contribution in [2.75, 3.05) is 0 Å². The Morgan fingerprint density at radius 1 is 0.246 bits per heavy atom. The molecule has 286 valence electrons. The van der Waals surface area contributed by atoms with E-state index in [2.05, 4.69) is 176 Å². The van der Waals surface area contributed by atoms with Crippen LogP contribution in [0.25, 0.3) is 112 Å². The van der Waals surface area contributed by atoms with Gasteiger partial charge in [-0.3, -0.25) is 0 Å². The van der Waals surface area contributed by atoms with E-state index in [-0.39, 0.29) is 0 Å². The minimum absolute atomic E-state index is 0.581. The molecular weight excluding hydrogens is 743 g/mol. The maximum Gasteiger partial charge on any atom is 0.164 e. The topological polar surface area (TPSA) is 51.8 Å². The Morgan fingerprint density at radius 2 is 0.623 bits per heavy atom. The third-order valence-corrected chi connectivity index (χ3v) is 11.4. The predicted octanol–water partition coefficient (Wildman–Crippen LogP) is 15.1. The normalized spacial score (nSPS) is 11.3. The second-order valence-corrected chi connectivity index (χ2v) is 15.2. The molecule has 0 aliphatic rings. The highest BCUT2D eigenvalue weighted by atomic mass is 16.3. The summed E-state index contributed by atoms with van der Waals surface area (Å²) in [7, 11) is 0. The maximum atomic E-state index is 6.60. The Kier molecular flexibility index (Phi) is 9.14. The molecule has 9 aromatic carbocycles. The summed E-state index contributed by atoms with van der Waals surface area (Å²) in [5.74, 6) is 1.80. The molecule has 0 N–H and O–H groups in total. The molecule has 0 atom stereocenters. The lowest BCUT2D eigenvalue weighted by Gasteiger charge is -2.10. The van der Waals surface area contributed by atoms with Crippen molar-refractivity contribution in [2.45, 2.75) is 0 Å². The number of hydrogen-bond acceptors (Lipinski definition) is 4. The Labute approximate surface area is 354 Å².